The maximum Gasteiger partial charge on any atom is 0.303 e. The molecule has 1 fully saturated rings. The first kappa shape index (κ1) is 11.9. The minimum atomic E-state index is -0.820. The van der Waals surface area contributed by atoms with Crippen molar-refractivity contribution in [1.82, 2.24) is 0 Å². The second-order valence-electron chi connectivity index (χ2n) is 4.38. The summed E-state index contributed by atoms with van der Waals surface area (Å²) in [5.74, 6) is -1.01. The summed E-state index contributed by atoms with van der Waals surface area (Å²) >= 11 is 0. The fraction of sp³-hybridized carbons (Fsp3) is 0.462. The number of carboxylic acid groups (broad SMARTS) is 1. The summed E-state index contributed by atoms with van der Waals surface area (Å²) in [4.78, 5) is 10.7. The summed E-state index contributed by atoms with van der Waals surface area (Å²) < 4.78 is 19.0. The van der Waals surface area contributed by atoms with E-state index in [1.807, 2.05) is 0 Å². The Morgan fingerprint density at radius 2 is 2.18 bits per heavy atom. The van der Waals surface area contributed by atoms with E-state index in [1.165, 1.54) is 6.07 Å². The quantitative estimate of drug-likeness (QED) is 0.877. The smallest absolute Gasteiger partial charge is 0.303 e. The van der Waals surface area contributed by atoms with Gasteiger partial charge in [0.15, 0.2) is 11.6 Å². The fourth-order valence-electron chi connectivity index (χ4n) is 2.32. The number of halogens is 1. The van der Waals surface area contributed by atoms with Crippen LogP contribution >= 0.6 is 0 Å². The molecule has 92 valence electrons. The van der Waals surface area contributed by atoms with Crippen molar-refractivity contribution in [3.63, 3.8) is 0 Å². The average molecular weight is 238 g/mol. The van der Waals surface area contributed by atoms with Crippen molar-refractivity contribution in [2.45, 2.75) is 31.8 Å². The molecule has 1 aromatic rings. The van der Waals surface area contributed by atoms with Gasteiger partial charge in [-0.1, -0.05) is 12.1 Å². The lowest BCUT2D eigenvalue weighted by atomic mass is 10.0. The lowest BCUT2D eigenvalue weighted by molar-refractivity contribution is -0.138. The summed E-state index contributed by atoms with van der Waals surface area (Å²) in [5.41, 5.74) is 0. The van der Waals surface area contributed by atoms with Gasteiger partial charge in [0.25, 0.3) is 0 Å². The largest absolute Gasteiger partial charge is 0.487 e. The van der Waals surface area contributed by atoms with E-state index in [0.29, 0.717) is 0 Å². The Kier molecular flexibility index (Phi) is 3.61. The van der Waals surface area contributed by atoms with Gasteiger partial charge in [-0.2, -0.15) is 0 Å². The van der Waals surface area contributed by atoms with E-state index in [9.17, 15) is 9.18 Å². The maximum absolute atomic E-state index is 13.4. The summed E-state index contributed by atoms with van der Waals surface area (Å²) in [7, 11) is 0. The standard InChI is InChI=1S/C13H15FO3/c14-10-5-1-2-6-12(10)17-11-7-3-4-9(11)8-13(15)16/h1-2,5-6,9,11H,3-4,7-8H2,(H,15,16). The third kappa shape index (κ3) is 2.96. The number of hydrogen-bond donors (Lipinski definition) is 1. The van der Waals surface area contributed by atoms with Gasteiger partial charge in [-0.25, -0.2) is 4.39 Å². The predicted octanol–water partition coefficient (Wildman–Crippen LogP) is 2.85. The molecule has 2 atom stereocenters. The van der Waals surface area contributed by atoms with Crippen LogP contribution in [0.5, 0.6) is 5.75 Å². The van der Waals surface area contributed by atoms with Crippen LogP contribution in [0, 0.1) is 11.7 Å². The van der Waals surface area contributed by atoms with E-state index in [-0.39, 0.29) is 24.2 Å². The van der Waals surface area contributed by atoms with Gasteiger partial charge < -0.3 is 9.84 Å². The first-order chi connectivity index (χ1) is 8.16. The molecule has 0 heterocycles. The summed E-state index contributed by atoms with van der Waals surface area (Å²) in [6.45, 7) is 0. The average Bonchev–Trinajstić information content (AvgIpc) is 2.68. The highest BCUT2D eigenvalue weighted by molar-refractivity contribution is 5.67. The molecule has 0 radical (unpaired) electrons. The number of para-hydroxylation sites is 1. The molecule has 3 nitrogen and oxygen atoms in total. The van der Waals surface area contributed by atoms with Crippen molar-refractivity contribution in [2.24, 2.45) is 5.92 Å². The summed E-state index contributed by atoms with van der Waals surface area (Å²) in [5, 5.41) is 8.78. The Bertz CT molecular complexity index is 405. The molecular weight excluding hydrogens is 223 g/mol. The van der Waals surface area contributed by atoms with Crippen LogP contribution in [0.3, 0.4) is 0 Å². The van der Waals surface area contributed by atoms with Crippen molar-refractivity contribution in [3.05, 3.63) is 30.1 Å². The molecule has 4 heteroatoms. The number of carboxylic acids is 1. The van der Waals surface area contributed by atoms with Crippen LogP contribution in [0.25, 0.3) is 0 Å². The molecule has 0 spiro atoms. The Morgan fingerprint density at radius 3 is 2.88 bits per heavy atom. The molecule has 1 N–H and O–H groups in total. The molecule has 1 saturated carbocycles. The number of benzene rings is 1. The lowest BCUT2D eigenvalue weighted by Gasteiger charge is -2.20. The molecule has 0 amide bonds. The molecule has 1 aliphatic rings. The fourth-order valence-corrected chi connectivity index (χ4v) is 2.32. The minimum absolute atomic E-state index is 0.00731. The zero-order valence-electron chi connectivity index (χ0n) is 9.43. The monoisotopic (exact) mass is 238 g/mol. The zero-order chi connectivity index (χ0) is 12.3. The third-order valence-electron chi connectivity index (χ3n) is 3.14. The Hall–Kier alpha value is -1.58. The third-order valence-corrected chi connectivity index (χ3v) is 3.14. The van der Waals surface area contributed by atoms with Crippen molar-refractivity contribution in [3.8, 4) is 5.75 Å². The van der Waals surface area contributed by atoms with Gasteiger partial charge in [0.1, 0.15) is 6.10 Å². The van der Waals surface area contributed by atoms with Crippen LogP contribution in [0.4, 0.5) is 4.39 Å². The number of ether oxygens (including phenoxy) is 1. The summed E-state index contributed by atoms with van der Waals surface area (Å²) in [6.07, 6.45) is 2.50. The predicted molar refractivity (Wildman–Crippen MR) is 60.4 cm³/mol. The first-order valence-corrected chi connectivity index (χ1v) is 5.80. The number of aliphatic carboxylic acids is 1. The van der Waals surface area contributed by atoms with Gasteiger partial charge in [-0.05, 0) is 31.4 Å². The van der Waals surface area contributed by atoms with E-state index in [1.54, 1.807) is 18.2 Å². The molecule has 2 unspecified atom stereocenters. The lowest BCUT2D eigenvalue weighted by Crippen LogP contribution is -2.24. The number of hydrogen-bond acceptors (Lipinski definition) is 2. The second kappa shape index (κ2) is 5.17. The van der Waals surface area contributed by atoms with Crippen LogP contribution < -0.4 is 4.74 Å². The number of carbonyl (C=O) groups is 1. The van der Waals surface area contributed by atoms with E-state index in [0.717, 1.165) is 19.3 Å². The number of rotatable bonds is 4. The van der Waals surface area contributed by atoms with E-state index >= 15 is 0 Å². The van der Waals surface area contributed by atoms with Gasteiger partial charge in [-0.15, -0.1) is 0 Å². The molecule has 0 saturated heterocycles. The Morgan fingerprint density at radius 1 is 1.41 bits per heavy atom. The van der Waals surface area contributed by atoms with Crippen molar-refractivity contribution in [2.75, 3.05) is 0 Å². The normalized spacial score (nSPS) is 23.6. The molecule has 17 heavy (non-hydrogen) atoms. The van der Waals surface area contributed by atoms with E-state index in [4.69, 9.17) is 9.84 Å². The van der Waals surface area contributed by atoms with Gasteiger partial charge in [0, 0.05) is 5.92 Å². The molecular formula is C13H15FO3. The zero-order valence-corrected chi connectivity index (χ0v) is 9.43. The minimum Gasteiger partial charge on any atom is -0.487 e. The van der Waals surface area contributed by atoms with Crippen LogP contribution in [-0.2, 0) is 4.79 Å². The van der Waals surface area contributed by atoms with Gasteiger partial charge >= 0.3 is 5.97 Å². The Balaban J connectivity index is 2.03. The molecule has 1 aromatic carbocycles. The summed E-state index contributed by atoms with van der Waals surface area (Å²) in [6, 6.07) is 6.23. The highest BCUT2D eigenvalue weighted by Crippen LogP contribution is 2.32. The van der Waals surface area contributed by atoms with Crippen molar-refractivity contribution < 1.29 is 19.0 Å². The highest BCUT2D eigenvalue weighted by atomic mass is 19.1. The van der Waals surface area contributed by atoms with Gasteiger partial charge in [0.2, 0.25) is 0 Å². The topological polar surface area (TPSA) is 46.5 Å². The second-order valence-corrected chi connectivity index (χ2v) is 4.38. The van der Waals surface area contributed by atoms with Crippen LogP contribution in [0.1, 0.15) is 25.7 Å². The maximum atomic E-state index is 13.4. The van der Waals surface area contributed by atoms with Crippen molar-refractivity contribution >= 4 is 5.97 Å². The Labute approximate surface area is 99.2 Å². The van der Waals surface area contributed by atoms with Gasteiger partial charge in [-0.3, -0.25) is 4.79 Å². The van der Waals surface area contributed by atoms with E-state index < -0.39 is 11.8 Å². The molecule has 0 bridgehead atoms. The van der Waals surface area contributed by atoms with E-state index in [2.05, 4.69) is 0 Å². The molecule has 0 aliphatic heterocycles. The molecule has 0 aromatic heterocycles. The molecule has 2 rings (SSSR count). The van der Waals surface area contributed by atoms with Gasteiger partial charge in [0.05, 0.1) is 6.42 Å². The van der Waals surface area contributed by atoms with Crippen LogP contribution in [-0.4, -0.2) is 17.2 Å². The highest BCUT2D eigenvalue weighted by Gasteiger charge is 2.31. The first-order valence-electron chi connectivity index (χ1n) is 5.80. The van der Waals surface area contributed by atoms with Crippen LogP contribution in [0.2, 0.25) is 0 Å². The molecule has 1 aliphatic carbocycles. The van der Waals surface area contributed by atoms with Crippen molar-refractivity contribution in [1.29, 1.82) is 0 Å². The SMILES string of the molecule is O=C(O)CC1CCCC1Oc1ccccc1F. The van der Waals surface area contributed by atoms with Crippen LogP contribution in [0.15, 0.2) is 24.3 Å².